The maximum Gasteiger partial charge on any atom is 0.244 e. The molecular formula is C14H25N3O3S. The third kappa shape index (κ3) is 5.62. The average molecular weight is 315 g/mol. The number of hydrogen-bond donors (Lipinski definition) is 2. The lowest BCUT2D eigenvalue weighted by Crippen LogP contribution is -2.26. The number of nitrogens with two attached hydrogens (primary N) is 1. The van der Waals surface area contributed by atoms with Crippen LogP contribution in [-0.4, -0.2) is 47.6 Å². The smallest absolute Gasteiger partial charge is 0.244 e. The molecule has 0 amide bonds. The molecule has 0 aliphatic heterocycles. The molecule has 1 aromatic carbocycles. The highest BCUT2D eigenvalue weighted by molar-refractivity contribution is 7.89. The number of ether oxygens (including phenoxy) is 1. The van der Waals surface area contributed by atoms with Crippen LogP contribution >= 0.6 is 0 Å². The summed E-state index contributed by atoms with van der Waals surface area (Å²) >= 11 is 0. The van der Waals surface area contributed by atoms with Crippen molar-refractivity contribution in [2.75, 3.05) is 34.3 Å². The van der Waals surface area contributed by atoms with Crippen molar-refractivity contribution in [1.29, 1.82) is 0 Å². The first-order valence-electron chi connectivity index (χ1n) is 6.92. The van der Waals surface area contributed by atoms with Crippen LogP contribution in [0.2, 0.25) is 0 Å². The van der Waals surface area contributed by atoms with Crippen molar-refractivity contribution in [2.45, 2.75) is 24.3 Å². The Morgan fingerprint density at radius 1 is 1.29 bits per heavy atom. The summed E-state index contributed by atoms with van der Waals surface area (Å²) in [7, 11) is 1.88. The number of methoxy groups -OCH3 is 1. The van der Waals surface area contributed by atoms with Gasteiger partial charge in [0.2, 0.25) is 10.0 Å². The topological polar surface area (TPSA) is 84.7 Å². The van der Waals surface area contributed by atoms with Crippen LogP contribution in [0.25, 0.3) is 0 Å². The fourth-order valence-corrected chi connectivity index (χ4v) is 3.12. The molecule has 0 heterocycles. The zero-order chi connectivity index (χ0) is 15.9. The fraction of sp³-hybridized carbons (Fsp3) is 0.571. The van der Waals surface area contributed by atoms with Crippen molar-refractivity contribution in [3.8, 4) is 5.75 Å². The summed E-state index contributed by atoms with van der Waals surface area (Å²) in [5, 5.41) is 0. The predicted octanol–water partition coefficient (Wildman–Crippen LogP) is 0.774. The molecule has 0 spiro atoms. The first-order chi connectivity index (χ1) is 9.90. The van der Waals surface area contributed by atoms with Crippen LogP contribution in [0.1, 0.15) is 18.4 Å². The van der Waals surface area contributed by atoms with E-state index in [0.717, 1.165) is 24.9 Å². The second kappa shape index (κ2) is 8.33. The monoisotopic (exact) mass is 315 g/mol. The Labute approximate surface area is 127 Å². The number of rotatable bonds is 9. The van der Waals surface area contributed by atoms with E-state index < -0.39 is 10.0 Å². The maximum absolute atomic E-state index is 12.3. The Bertz CT molecular complexity index is 544. The minimum absolute atomic E-state index is 0.148. The van der Waals surface area contributed by atoms with Crippen LogP contribution in [0.4, 0.5) is 0 Å². The van der Waals surface area contributed by atoms with Gasteiger partial charge in [-0.2, -0.15) is 0 Å². The van der Waals surface area contributed by atoms with Gasteiger partial charge in [-0.3, -0.25) is 0 Å². The van der Waals surface area contributed by atoms with Crippen LogP contribution in [0.15, 0.2) is 23.1 Å². The van der Waals surface area contributed by atoms with Crippen LogP contribution in [0, 0.1) is 0 Å². The van der Waals surface area contributed by atoms with E-state index in [2.05, 4.69) is 9.62 Å². The molecular weight excluding hydrogens is 290 g/mol. The highest BCUT2D eigenvalue weighted by atomic mass is 32.2. The van der Waals surface area contributed by atoms with E-state index in [9.17, 15) is 8.42 Å². The van der Waals surface area contributed by atoms with E-state index in [-0.39, 0.29) is 4.90 Å². The van der Waals surface area contributed by atoms with E-state index in [0.29, 0.717) is 18.8 Å². The van der Waals surface area contributed by atoms with Gasteiger partial charge in [0.25, 0.3) is 0 Å². The first kappa shape index (κ1) is 17.9. The molecule has 1 rings (SSSR count). The lowest BCUT2D eigenvalue weighted by Gasteiger charge is -2.12. The molecule has 0 aliphatic rings. The Balaban J connectivity index is 2.70. The number of unbranched alkanes of at least 4 members (excludes halogenated alkanes) is 1. The van der Waals surface area contributed by atoms with Gasteiger partial charge in [0, 0.05) is 13.1 Å². The van der Waals surface area contributed by atoms with Crippen molar-refractivity contribution in [3.63, 3.8) is 0 Å². The third-order valence-electron chi connectivity index (χ3n) is 3.08. The van der Waals surface area contributed by atoms with Crippen LogP contribution in [0.5, 0.6) is 5.75 Å². The molecule has 21 heavy (non-hydrogen) atoms. The van der Waals surface area contributed by atoms with Crippen molar-refractivity contribution < 1.29 is 13.2 Å². The highest BCUT2D eigenvalue weighted by Gasteiger charge is 2.19. The summed E-state index contributed by atoms with van der Waals surface area (Å²) in [5.41, 5.74) is 6.38. The van der Waals surface area contributed by atoms with Crippen molar-refractivity contribution in [3.05, 3.63) is 23.8 Å². The quantitative estimate of drug-likeness (QED) is 0.658. The lowest BCUT2D eigenvalue weighted by molar-refractivity contribution is 0.394. The molecule has 120 valence electrons. The molecule has 0 aliphatic carbocycles. The molecule has 0 bridgehead atoms. The molecule has 0 aromatic heterocycles. The van der Waals surface area contributed by atoms with E-state index in [1.54, 1.807) is 12.1 Å². The Kier molecular flexibility index (Phi) is 7.10. The summed E-state index contributed by atoms with van der Waals surface area (Å²) < 4.78 is 32.3. The largest absolute Gasteiger partial charge is 0.495 e. The number of nitrogens with one attached hydrogen (secondary N) is 1. The first-order valence-corrected chi connectivity index (χ1v) is 8.40. The molecule has 0 saturated heterocycles. The predicted molar refractivity (Wildman–Crippen MR) is 83.9 cm³/mol. The SMILES string of the molecule is COc1cc(CN)ccc1S(=O)(=O)NCCCCN(C)C. The van der Waals surface area contributed by atoms with Crippen molar-refractivity contribution >= 4 is 10.0 Å². The normalized spacial score (nSPS) is 11.9. The van der Waals surface area contributed by atoms with E-state index >= 15 is 0 Å². The highest BCUT2D eigenvalue weighted by Crippen LogP contribution is 2.24. The number of nitrogens with zero attached hydrogens (tertiary/aromatic N) is 1. The number of sulfonamides is 1. The van der Waals surface area contributed by atoms with E-state index in [4.69, 9.17) is 10.5 Å². The molecule has 0 unspecified atom stereocenters. The van der Waals surface area contributed by atoms with Gasteiger partial charge in [-0.25, -0.2) is 13.1 Å². The lowest BCUT2D eigenvalue weighted by atomic mass is 10.2. The minimum Gasteiger partial charge on any atom is -0.495 e. The molecule has 0 saturated carbocycles. The molecule has 0 fully saturated rings. The molecule has 6 nitrogen and oxygen atoms in total. The summed E-state index contributed by atoms with van der Waals surface area (Å²) in [4.78, 5) is 2.22. The Morgan fingerprint density at radius 3 is 2.57 bits per heavy atom. The second-order valence-electron chi connectivity index (χ2n) is 5.10. The Morgan fingerprint density at radius 2 is 2.00 bits per heavy atom. The van der Waals surface area contributed by atoms with Crippen LogP contribution < -0.4 is 15.2 Å². The van der Waals surface area contributed by atoms with Gasteiger partial charge < -0.3 is 15.4 Å². The zero-order valence-electron chi connectivity index (χ0n) is 12.9. The fourth-order valence-electron chi connectivity index (χ4n) is 1.90. The summed E-state index contributed by atoms with van der Waals surface area (Å²) in [6, 6.07) is 4.88. The third-order valence-corrected chi connectivity index (χ3v) is 4.58. The molecule has 1 aromatic rings. The standard InChI is InChI=1S/C14H25N3O3S/c1-17(2)9-5-4-8-16-21(18,19)14-7-6-12(11-15)10-13(14)20-3/h6-7,10,16H,4-5,8-9,11,15H2,1-3H3. The number of benzene rings is 1. The summed E-state index contributed by atoms with van der Waals surface area (Å²) in [6.07, 6.45) is 1.74. The van der Waals surface area contributed by atoms with Gasteiger partial charge in [-0.1, -0.05) is 6.07 Å². The zero-order valence-corrected chi connectivity index (χ0v) is 13.7. The maximum atomic E-state index is 12.3. The molecule has 7 heteroatoms. The molecule has 0 atom stereocenters. The summed E-state index contributed by atoms with van der Waals surface area (Å²) in [5.74, 6) is 0.318. The van der Waals surface area contributed by atoms with Gasteiger partial charge in [-0.15, -0.1) is 0 Å². The van der Waals surface area contributed by atoms with Crippen molar-refractivity contribution in [2.24, 2.45) is 5.73 Å². The van der Waals surface area contributed by atoms with Gasteiger partial charge in [0.05, 0.1) is 7.11 Å². The van der Waals surface area contributed by atoms with Gasteiger partial charge in [0.15, 0.2) is 0 Å². The number of hydrogen-bond acceptors (Lipinski definition) is 5. The van der Waals surface area contributed by atoms with Gasteiger partial charge >= 0.3 is 0 Å². The van der Waals surface area contributed by atoms with Crippen LogP contribution in [-0.2, 0) is 16.6 Å². The average Bonchev–Trinajstić information content (AvgIpc) is 2.45. The van der Waals surface area contributed by atoms with Gasteiger partial charge in [-0.05, 0) is 51.2 Å². The Hall–Kier alpha value is -1.15. The summed E-state index contributed by atoms with van der Waals surface area (Å²) in [6.45, 7) is 1.70. The molecule has 0 radical (unpaired) electrons. The van der Waals surface area contributed by atoms with Crippen molar-refractivity contribution in [1.82, 2.24) is 9.62 Å². The van der Waals surface area contributed by atoms with Gasteiger partial charge in [0.1, 0.15) is 10.6 Å². The van der Waals surface area contributed by atoms with E-state index in [1.165, 1.54) is 13.2 Å². The molecule has 3 N–H and O–H groups in total. The van der Waals surface area contributed by atoms with E-state index in [1.807, 2.05) is 14.1 Å². The minimum atomic E-state index is -3.56. The second-order valence-corrected chi connectivity index (χ2v) is 6.83. The van der Waals surface area contributed by atoms with Crippen LogP contribution in [0.3, 0.4) is 0 Å².